The molecule has 3 aromatic rings. The molecule has 12 nitrogen and oxygen atoms in total. The summed E-state index contributed by atoms with van der Waals surface area (Å²) in [5.74, 6) is -1.48. The molecule has 3 aliphatic rings. The fourth-order valence-corrected chi connectivity index (χ4v) is 4.09. The van der Waals surface area contributed by atoms with Crippen molar-refractivity contribution in [1.29, 1.82) is 0 Å². The summed E-state index contributed by atoms with van der Waals surface area (Å²) in [6, 6.07) is 14.1. The van der Waals surface area contributed by atoms with Crippen LogP contribution in [0, 0.1) is 0 Å². The highest BCUT2D eigenvalue weighted by atomic mass is 16.6. The minimum absolute atomic E-state index is 0.0816. The molecule has 2 aromatic carbocycles. The summed E-state index contributed by atoms with van der Waals surface area (Å²) < 4.78 is 11.4. The fourth-order valence-electron chi connectivity index (χ4n) is 4.09. The van der Waals surface area contributed by atoms with Gasteiger partial charge in [-0.1, -0.05) is 18.2 Å². The van der Waals surface area contributed by atoms with Gasteiger partial charge in [0.25, 0.3) is 5.91 Å². The van der Waals surface area contributed by atoms with Crippen LogP contribution >= 0.6 is 0 Å². The molecule has 0 saturated carbocycles. The van der Waals surface area contributed by atoms with Crippen molar-refractivity contribution < 1.29 is 33.4 Å². The Morgan fingerprint density at radius 3 is 2.42 bits per heavy atom. The molecule has 0 fully saturated rings. The topological polar surface area (TPSA) is 165 Å². The number of rotatable bonds is 3. The van der Waals surface area contributed by atoms with Crippen LogP contribution < -0.4 is 26.0 Å². The lowest BCUT2D eigenvalue weighted by Crippen LogP contribution is -2.54. The molecule has 0 spiro atoms. The van der Waals surface area contributed by atoms with Crippen LogP contribution in [0.1, 0.15) is 54.1 Å². The van der Waals surface area contributed by atoms with Crippen LogP contribution in [0.25, 0.3) is 0 Å². The summed E-state index contributed by atoms with van der Waals surface area (Å²) in [5, 5.41) is 10.4. The molecule has 0 unspecified atom stereocenters. The third-order valence-electron chi connectivity index (χ3n) is 6.22. The molecule has 4 bridgehead atoms. The first-order valence-electron chi connectivity index (χ1n) is 13.6. The van der Waals surface area contributed by atoms with Crippen LogP contribution in [0.2, 0.25) is 0 Å². The van der Waals surface area contributed by atoms with E-state index >= 15 is 0 Å². The maximum Gasteiger partial charge on any atom is 0.408 e. The third kappa shape index (κ3) is 8.62. The number of fused-ring (bicyclic) bond motifs is 2. The normalized spacial score (nSPS) is 17.5. The predicted octanol–water partition coefficient (Wildman–Crippen LogP) is 3.38. The number of anilines is 1. The maximum absolute atomic E-state index is 13.2. The molecule has 0 radical (unpaired) electrons. The van der Waals surface area contributed by atoms with Gasteiger partial charge in [-0.2, -0.15) is 0 Å². The maximum atomic E-state index is 13.2. The van der Waals surface area contributed by atoms with Crippen molar-refractivity contribution in [3.63, 3.8) is 0 Å². The Labute approximate surface area is 248 Å². The summed E-state index contributed by atoms with van der Waals surface area (Å²) >= 11 is 0. The summed E-state index contributed by atoms with van der Waals surface area (Å²) in [6.07, 6.45) is 0.779. The third-order valence-corrected chi connectivity index (χ3v) is 6.22. The molecule has 0 saturated heterocycles. The second-order valence-corrected chi connectivity index (χ2v) is 10.9. The molecule has 224 valence electrons. The number of nitrogens with zero attached hydrogens (tertiary/aromatic N) is 1. The number of alkyl carbamates (subject to hydrolysis) is 1. The van der Waals surface area contributed by atoms with Crippen molar-refractivity contribution in [2.45, 2.75) is 51.8 Å². The molecular formula is C31H33N5O7. The Bertz CT molecular complexity index is 1520. The van der Waals surface area contributed by atoms with E-state index in [9.17, 15) is 24.0 Å². The SMILES string of the molecule is C[C@@H]1NC(=O)[C@@H](NC(=O)OC(C)(C)C)Cc2ccc(cc2)Oc2ccc(cc2NC(=O)c2ccccn2)C(=O)CNC1=O. The summed E-state index contributed by atoms with van der Waals surface area (Å²) in [6.45, 7) is 6.20. The zero-order chi connectivity index (χ0) is 31.1. The van der Waals surface area contributed by atoms with Crippen LogP contribution in [-0.2, 0) is 20.7 Å². The lowest BCUT2D eigenvalue weighted by molar-refractivity contribution is -0.129. The Morgan fingerprint density at radius 2 is 1.74 bits per heavy atom. The Kier molecular flexibility index (Phi) is 9.39. The van der Waals surface area contributed by atoms with Gasteiger partial charge in [-0.15, -0.1) is 0 Å². The van der Waals surface area contributed by atoms with Crippen molar-refractivity contribution >= 4 is 35.3 Å². The standard InChI is InChI=1S/C31H33N5O7/c1-18-27(38)33-17-25(37)20-10-13-26(23(16-20)35-28(39)22-7-5-6-14-32-22)42-21-11-8-19(9-12-21)15-24(29(40)34-18)36-30(41)43-31(2,3)4/h5-14,16,18,24H,15,17H2,1-4H3,(H,33,38)(H,34,40)(H,35,39)(H,36,41)/t18-,24-/m0/s1. The van der Waals surface area contributed by atoms with Gasteiger partial charge in [-0.25, -0.2) is 4.79 Å². The van der Waals surface area contributed by atoms with Gasteiger partial charge in [0, 0.05) is 18.2 Å². The van der Waals surface area contributed by atoms with Crippen molar-refractivity contribution in [3.05, 3.63) is 83.7 Å². The number of carbonyl (C=O) groups is 5. The average molecular weight is 588 g/mol. The molecule has 6 rings (SSSR count). The van der Waals surface area contributed by atoms with Crippen LogP contribution in [0.3, 0.4) is 0 Å². The fraction of sp³-hybridized carbons (Fsp3) is 0.290. The summed E-state index contributed by atoms with van der Waals surface area (Å²) in [5.41, 5.74) is 0.495. The van der Waals surface area contributed by atoms with Crippen LogP contribution in [0.15, 0.2) is 66.9 Å². The monoisotopic (exact) mass is 587 g/mol. The number of aromatic nitrogens is 1. The number of ether oxygens (including phenoxy) is 2. The van der Waals surface area contributed by atoms with E-state index in [1.54, 1.807) is 69.3 Å². The van der Waals surface area contributed by atoms with Crippen LogP contribution in [0.5, 0.6) is 11.5 Å². The highest BCUT2D eigenvalue weighted by molar-refractivity contribution is 6.06. The van der Waals surface area contributed by atoms with Crippen LogP contribution in [-0.4, -0.2) is 58.8 Å². The molecular weight excluding hydrogens is 554 g/mol. The number of hydrogen-bond acceptors (Lipinski definition) is 8. The number of carbonyl (C=O) groups excluding carboxylic acids is 5. The van der Waals surface area contributed by atoms with Gasteiger partial charge in [-0.05, 0) is 75.7 Å². The van der Waals surface area contributed by atoms with Gasteiger partial charge in [0.1, 0.15) is 29.1 Å². The van der Waals surface area contributed by atoms with E-state index in [1.165, 1.54) is 25.3 Å². The van der Waals surface area contributed by atoms with E-state index in [0.717, 1.165) is 0 Å². The van der Waals surface area contributed by atoms with Crippen molar-refractivity contribution in [3.8, 4) is 11.5 Å². The van der Waals surface area contributed by atoms with E-state index in [4.69, 9.17) is 9.47 Å². The molecule has 43 heavy (non-hydrogen) atoms. The van der Waals surface area contributed by atoms with Gasteiger partial charge in [0.05, 0.1) is 12.2 Å². The first-order chi connectivity index (χ1) is 20.4. The average Bonchev–Trinajstić information content (AvgIpc) is 2.96. The van der Waals surface area contributed by atoms with Crippen molar-refractivity contribution in [1.82, 2.24) is 20.9 Å². The van der Waals surface area contributed by atoms with Gasteiger partial charge in [-0.3, -0.25) is 24.2 Å². The second kappa shape index (κ2) is 13.1. The van der Waals surface area contributed by atoms with Crippen LogP contribution in [0.4, 0.5) is 10.5 Å². The quantitative estimate of drug-likeness (QED) is 0.362. The molecule has 12 heteroatoms. The second-order valence-electron chi connectivity index (χ2n) is 10.9. The van der Waals surface area contributed by atoms with E-state index in [1.807, 2.05) is 0 Å². The number of benzene rings is 2. The van der Waals surface area contributed by atoms with Gasteiger partial charge in [0.15, 0.2) is 11.5 Å². The number of amides is 4. The summed E-state index contributed by atoms with van der Waals surface area (Å²) in [7, 11) is 0. The zero-order valence-electron chi connectivity index (χ0n) is 24.2. The predicted molar refractivity (Wildman–Crippen MR) is 157 cm³/mol. The minimum Gasteiger partial charge on any atom is -0.455 e. The van der Waals surface area contributed by atoms with Gasteiger partial charge >= 0.3 is 6.09 Å². The van der Waals surface area contributed by atoms with E-state index in [0.29, 0.717) is 11.3 Å². The number of pyridine rings is 1. The lowest BCUT2D eigenvalue weighted by Gasteiger charge is -2.24. The number of hydrogen-bond donors (Lipinski definition) is 4. The highest BCUT2D eigenvalue weighted by Crippen LogP contribution is 2.31. The molecule has 4 amide bonds. The molecule has 0 aliphatic carbocycles. The first-order valence-corrected chi connectivity index (χ1v) is 13.6. The van der Waals surface area contributed by atoms with E-state index in [-0.39, 0.29) is 35.7 Å². The van der Waals surface area contributed by atoms with Crippen molar-refractivity contribution in [2.24, 2.45) is 0 Å². The van der Waals surface area contributed by atoms with E-state index in [2.05, 4.69) is 26.3 Å². The lowest BCUT2D eigenvalue weighted by atomic mass is 10.0. The van der Waals surface area contributed by atoms with E-state index < -0.39 is 47.3 Å². The Balaban J connectivity index is 1.66. The first kappa shape index (κ1) is 30.7. The smallest absolute Gasteiger partial charge is 0.408 e. The molecule has 4 N–H and O–H groups in total. The van der Waals surface area contributed by atoms with Gasteiger partial charge in [0.2, 0.25) is 11.8 Å². The summed E-state index contributed by atoms with van der Waals surface area (Å²) in [4.78, 5) is 68.4. The molecule has 3 aliphatic heterocycles. The Hall–Kier alpha value is -5.26. The van der Waals surface area contributed by atoms with Gasteiger partial charge < -0.3 is 30.7 Å². The van der Waals surface area contributed by atoms with Crippen molar-refractivity contribution in [2.75, 3.05) is 11.9 Å². The zero-order valence-corrected chi connectivity index (χ0v) is 24.2. The minimum atomic E-state index is -1.07. The largest absolute Gasteiger partial charge is 0.455 e. The molecule has 1 aromatic heterocycles. The number of Topliss-reactive ketones (excluding diaryl/α,β-unsaturated/α-hetero) is 1. The number of ketones is 1. The highest BCUT2D eigenvalue weighted by Gasteiger charge is 2.27. The molecule has 2 atom stereocenters. The number of nitrogens with one attached hydrogen (secondary N) is 4. The molecule has 4 heterocycles. The Morgan fingerprint density at radius 1 is 1.00 bits per heavy atom.